The lowest BCUT2D eigenvalue weighted by Crippen LogP contribution is -2.10. The Morgan fingerprint density at radius 2 is 2.37 bits per heavy atom. The lowest BCUT2D eigenvalue weighted by molar-refractivity contribution is -0.384. The fourth-order valence-corrected chi connectivity index (χ4v) is 2.29. The van der Waals surface area contributed by atoms with Gasteiger partial charge in [-0.05, 0) is 50.4 Å². The van der Waals surface area contributed by atoms with E-state index in [-0.39, 0.29) is 11.4 Å². The summed E-state index contributed by atoms with van der Waals surface area (Å²) in [5.74, 6) is 1.25. The van der Waals surface area contributed by atoms with Gasteiger partial charge in [0.05, 0.1) is 17.6 Å². The minimum Gasteiger partial charge on any atom is -0.493 e. The summed E-state index contributed by atoms with van der Waals surface area (Å²) in [7, 11) is 0. The van der Waals surface area contributed by atoms with Crippen molar-refractivity contribution >= 4 is 11.4 Å². The van der Waals surface area contributed by atoms with Crippen molar-refractivity contribution in [1.29, 1.82) is 0 Å². The van der Waals surface area contributed by atoms with Crippen LogP contribution in [-0.4, -0.2) is 24.6 Å². The maximum Gasteiger partial charge on any atom is 0.295 e. The average Bonchev–Trinajstić information content (AvgIpc) is 2.89. The van der Waals surface area contributed by atoms with Gasteiger partial charge in [-0.2, -0.15) is 0 Å². The summed E-state index contributed by atoms with van der Waals surface area (Å²) in [6.45, 7) is 2.78. The van der Waals surface area contributed by atoms with Gasteiger partial charge in [0.15, 0.2) is 0 Å². The van der Waals surface area contributed by atoms with E-state index in [2.05, 4.69) is 5.32 Å². The van der Waals surface area contributed by atoms with Crippen molar-refractivity contribution in [3.63, 3.8) is 0 Å². The van der Waals surface area contributed by atoms with Crippen molar-refractivity contribution in [2.24, 2.45) is 5.92 Å². The molecule has 0 amide bonds. The van der Waals surface area contributed by atoms with Gasteiger partial charge in [0.25, 0.3) is 5.69 Å². The van der Waals surface area contributed by atoms with Gasteiger partial charge in [-0.25, -0.2) is 0 Å². The highest BCUT2D eigenvalue weighted by atomic mass is 16.6. The second kappa shape index (κ2) is 6.38. The van der Waals surface area contributed by atoms with Gasteiger partial charge in [0.1, 0.15) is 11.4 Å². The highest BCUT2D eigenvalue weighted by molar-refractivity contribution is 5.60. The first-order valence-corrected chi connectivity index (χ1v) is 6.54. The molecule has 1 aliphatic rings. The van der Waals surface area contributed by atoms with Gasteiger partial charge in [-0.3, -0.25) is 10.1 Å². The predicted octanol–water partition coefficient (Wildman–Crippen LogP) is 1.95. The molecule has 1 saturated heterocycles. The Morgan fingerprint density at radius 3 is 3.05 bits per heavy atom. The second-order valence-electron chi connectivity index (χ2n) is 4.83. The van der Waals surface area contributed by atoms with Gasteiger partial charge < -0.3 is 15.8 Å². The van der Waals surface area contributed by atoms with Crippen LogP contribution in [0.1, 0.15) is 19.3 Å². The van der Waals surface area contributed by atoms with E-state index in [1.54, 1.807) is 6.07 Å². The zero-order valence-corrected chi connectivity index (χ0v) is 10.8. The summed E-state index contributed by atoms with van der Waals surface area (Å²) in [5.41, 5.74) is 5.59. The Hall–Kier alpha value is -1.82. The standard InChI is InChI=1S/C13H19N3O3/c14-12-4-3-11(8-13(12)16(17)18)19-7-1-2-10-5-6-15-9-10/h3-4,8,10,15H,1-2,5-7,9,14H2. The first-order chi connectivity index (χ1) is 9.16. The molecular weight excluding hydrogens is 246 g/mol. The maximum atomic E-state index is 10.7. The van der Waals surface area contributed by atoms with Crippen molar-refractivity contribution < 1.29 is 9.66 Å². The third kappa shape index (κ3) is 3.82. The molecule has 0 bridgehead atoms. The molecular formula is C13H19N3O3. The number of hydrogen-bond acceptors (Lipinski definition) is 5. The zero-order valence-electron chi connectivity index (χ0n) is 10.8. The quantitative estimate of drug-likeness (QED) is 0.355. The van der Waals surface area contributed by atoms with Crippen molar-refractivity contribution in [2.45, 2.75) is 19.3 Å². The molecule has 0 saturated carbocycles. The molecule has 0 radical (unpaired) electrons. The topological polar surface area (TPSA) is 90.4 Å². The van der Waals surface area contributed by atoms with E-state index in [1.165, 1.54) is 18.6 Å². The van der Waals surface area contributed by atoms with E-state index in [4.69, 9.17) is 10.5 Å². The first-order valence-electron chi connectivity index (χ1n) is 6.54. The van der Waals surface area contributed by atoms with Gasteiger partial charge in [-0.15, -0.1) is 0 Å². The summed E-state index contributed by atoms with van der Waals surface area (Å²) in [5, 5.41) is 14.1. The molecule has 0 spiro atoms. The minimum absolute atomic E-state index is 0.0995. The van der Waals surface area contributed by atoms with E-state index >= 15 is 0 Å². The summed E-state index contributed by atoms with van der Waals surface area (Å²) in [4.78, 5) is 10.2. The number of anilines is 1. The fraction of sp³-hybridized carbons (Fsp3) is 0.538. The Morgan fingerprint density at radius 1 is 1.53 bits per heavy atom. The minimum atomic E-state index is -0.494. The predicted molar refractivity (Wildman–Crippen MR) is 73.2 cm³/mol. The van der Waals surface area contributed by atoms with Crippen LogP contribution in [0.25, 0.3) is 0 Å². The van der Waals surface area contributed by atoms with Crippen molar-refractivity contribution in [1.82, 2.24) is 5.32 Å². The molecule has 1 aromatic rings. The summed E-state index contributed by atoms with van der Waals surface area (Å²) >= 11 is 0. The molecule has 0 aliphatic carbocycles. The van der Waals surface area contributed by atoms with E-state index < -0.39 is 4.92 Å². The molecule has 1 atom stereocenters. The molecule has 2 rings (SSSR count). The maximum absolute atomic E-state index is 10.7. The second-order valence-corrected chi connectivity index (χ2v) is 4.83. The van der Waals surface area contributed by atoms with Crippen LogP contribution in [0.4, 0.5) is 11.4 Å². The number of nitrogen functional groups attached to an aromatic ring is 1. The van der Waals surface area contributed by atoms with Crippen LogP contribution in [-0.2, 0) is 0 Å². The monoisotopic (exact) mass is 265 g/mol. The van der Waals surface area contributed by atoms with E-state index in [1.807, 2.05) is 0 Å². The molecule has 1 unspecified atom stereocenters. The SMILES string of the molecule is Nc1ccc(OCCCC2CCNC2)cc1[N+](=O)[O-]. The number of rotatable bonds is 6. The number of benzene rings is 1. The van der Waals surface area contributed by atoms with Crippen LogP contribution < -0.4 is 15.8 Å². The number of hydrogen-bond donors (Lipinski definition) is 2. The Bertz CT molecular complexity index is 445. The normalized spacial score (nSPS) is 18.4. The number of nitro groups is 1. The van der Waals surface area contributed by atoms with E-state index in [0.717, 1.165) is 31.8 Å². The number of nitro benzene ring substituents is 1. The Labute approximate surface area is 112 Å². The average molecular weight is 265 g/mol. The molecule has 1 fully saturated rings. The third-order valence-electron chi connectivity index (χ3n) is 3.39. The fourth-order valence-electron chi connectivity index (χ4n) is 2.29. The molecule has 1 aromatic carbocycles. The highest BCUT2D eigenvalue weighted by Gasteiger charge is 2.14. The largest absolute Gasteiger partial charge is 0.493 e. The Kier molecular flexibility index (Phi) is 4.57. The highest BCUT2D eigenvalue weighted by Crippen LogP contribution is 2.26. The summed E-state index contributed by atoms with van der Waals surface area (Å²) in [6, 6.07) is 4.56. The van der Waals surface area contributed by atoms with Gasteiger partial charge in [0.2, 0.25) is 0 Å². The van der Waals surface area contributed by atoms with Gasteiger partial charge >= 0.3 is 0 Å². The van der Waals surface area contributed by atoms with Crippen LogP contribution in [0.5, 0.6) is 5.75 Å². The van der Waals surface area contributed by atoms with Crippen molar-refractivity contribution in [3.8, 4) is 5.75 Å². The van der Waals surface area contributed by atoms with Crippen LogP contribution in [0.3, 0.4) is 0 Å². The number of nitrogens with two attached hydrogens (primary N) is 1. The number of nitrogens with one attached hydrogen (secondary N) is 1. The molecule has 1 aliphatic heterocycles. The zero-order chi connectivity index (χ0) is 13.7. The molecule has 3 N–H and O–H groups in total. The molecule has 6 nitrogen and oxygen atoms in total. The molecule has 104 valence electrons. The molecule has 0 aromatic heterocycles. The van der Waals surface area contributed by atoms with E-state index in [9.17, 15) is 10.1 Å². The summed E-state index contributed by atoms with van der Waals surface area (Å²) < 4.78 is 5.53. The first kappa shape index (κ1) is 13.6. The summed E-state index contributed by atoms with van der Waals surface area (Å²) in [6.07, 6.45) is 3.32. The van der Waals surface area contributed by atoms with Gasteiger partial charge in [0, 0.05) is 0 Å². The van der Waals surface area contributed by atoms with Crippen LogP contribution in [0.15, 0.2) is 18.2 Å². The van der Waals surface area contributed by atoms with Crippen molar-refractivity contribution in [3.05, 3.63) is 28.3 Å². The molecule has 1 heterocycles. The number of ether oxygens (including phenoxy) is 1. The lowest BCUT2D eigenvalue weighted by atomic mass is 10.0. The Balaban J connectivity index is 1.79. The smallest absolute Gasteiger partial charge is 0.295 e. The molecule has 6 heteroatoms. The van der Waals surface area contributed by atoms with Crippen LogP contribution in [0.2, 0.25) is 0 Å². The van der Waals surface area contributed by atoms with Crippen molar-refractivity contribution in [2.75, 3.05) is 25.4 Å². The van der Waals surface area contributed by atoms with Crippen LogP contribution >= 0.6 is 0 Å². The van der Waals surface area contributed by atoms with Gasteiger partial charge in [-0.1, -0.05) is 0 Å². The van der Waals surface area contributed by atoms with E-state index in [0.29, 0.717) is 12.4 Å². The lowest BCUT2D eigenvalue weighted by Gasteiger charge is -2.09. The molecule has 19 heavy (non-hydrogen) atoms. The van der Waals surface area contributed by atoms with Crippen LogP contribution in [0, 0.1) is 16.0 Å². The number of nitrogens with zero attached hydrogens (tertiary/aromatic N) is 1. The third-order valence-corrected chi connectivity index (χ3v) is 3.39.